The first-order chi connectivity index (χ1) is 6.79. The molecule has 0 heterocycles. The maximum atomic E-state index is 13.4. The minimum Gasteiger partial charge on any atom is -0.316 e. The summed E-state index contributed by atoms with van der Waals surface area (Å²) in [6, 6.07) is 7.04. The van der Waals surface area contributed by atoms with Crippen LogP contribution in [0.3, 0.4) is 0 Å². The second kappa shape index (κ2) is 5.76. The van der Waals surface area contributed by atoms with E-state index in [2.05, 4.69) is 19.2 Å². The fourth-order valence-corrected chi connectivity index (χ4v) is 1.60. The molecule has 0 amide bonds. The lowest BCUT2D eigenvalue weighted by molar-refractivity contribution is 0.537. The summed E-state index contributed by atoms with van der Waals surface area (Å²) in [5.41, 5.74) is 0.830. The van der Waals surface area contributed by atoms with Gasteiger partial charge in [0.05, 0.1) is 0 Å². The highest BCUT2D eigenvalue weighted by Crippen LogP contribution is 2.21. The zero-order chi connectivity index (χ0) is 10.4. The van der Waals surface area contributed by atoms with Gasteiger partial charge in [-0.1, -0.05) is 32.0 Å². The lowest BCUT2D eigenvalue weighted by Crippen LogP contribution is -2.21. The molecule has 0 aromatic heterocycles. The van der Waals surface area contributed by atoms with Crippen LogP contribution in [0.5, 0.6) is 0 Å². The molecule has 2 heteroatoms. The maximum Gasteiger partial charge on any atom is 0.126 e. The second-order valence-corrected chi connectivity index (χ2v) is 3.43. The Morgan fingerprint density at radius 3 is 2.57 bits per heavy atom. The Hall–Kier alpha value is -0.890. The van der Waals surface area contributed by atoms with Gasteiger partial charge in [-0.3, -0.25) is 0 Å². The summed E-state index contributed by atoms with van der Waals surface area (Å²) in [7, 11) is 0. The minimum atomic E-state index is -0.0859. The number of benzene rings is 1. The van der Waals surface area contributed by atoms with E-state index in [1.54, 1.807) is 6.07 Å². The number of hydrogen-bond acceptors (Lipinski definition) is 1. The number of rotatable bonds is 5. The van der Waals surface area contributed by atoms with Crippen molar-refractivity contribution in [2.75, 3.05) is 13.1 Å². The van der Waals surface area contributed by atoms with Crippen molar-refractivity contribution < 1.29 is 4.39 Å². The smallest absolute Gasteiger partial charge is 0.126 e. The molecule has 0 spiro atoms. The molecule has 1 nitrogen and oxygen atoms in total. The fraction of sp³-hybridized carbons (Fsp3) is 0.500. The number of likely N-dealkylation sites (N-methyl/N-ethyl adjacent to an activating group) is 1. The van der Waals surface area contributed by atoms with E-state index in [1.165, 1.54) is 6.07 Å². The fourth-order valence-electron chi connectivity index (χ4n) is 1.60. The molecule has 1 unspecified atom stereocenters. The predicted molar refractivity (Wildman–Crippen MR) is 58.0 cm³/mol. The lowest BCUT2D eigenvalue weighted by Gasteiger charge is -2.16. The molecule has 1 rings (SSSR count). The monoisotopic (exact) mass is 195 g/mol. The molecule has 0 aliphatic rings. The Kier molecular flexibility index (Phi) is 4.60. The van der Waals surface area contributed by atoms with Gasteiger partial charge in [-0.2, -0.15) is 0 Å². The third-order valence-corrected chi connectivity index (χ3v) is 2.48. The number of hydrogen-bond donors (Lipinski definition) is 1. The van der Waals surface area contributed by atoms with Crippen LogP contribution in [0.2, 0.25) is 0 Å². The molecule has 1 aromatic rings. The van der Waals surface area contributed by atoms with Crippen LogP contribution in [0.15, 0.2) is 24.3 Å². The van der Waals surface area contributed by atoms with Gasteiger partial charge < -0.3 is 5.32 Å². The van der Waals surface area contributed by atoms with Crippen molar-refractivity contribution in [3.63, 3.8) is 0 Å². The van der Waals surface area contributed by atoms with Gasteiger partial charge in [-0.15, -0.1) is 0 Å². The third-order valence-electron chi connectivity index (χ3n) is 2.48. The van der Waals surface area contributed by atoms with E-state index in [-0.39, 0.29) is 11.7 Å². The van der Waals surface area contributed by atoms with E-state index in [0.717, 1.165) is 25.1 Å². The molecule has 0 bridgehead atoms. The molecule has 0 aliphatic carbocycles. The summed E-state index contributed by atoms with van der Waals surface area (Å²) < 4.78 is 13.4. The van der Waals surface area contributed by atoms with Crippen molar-refractivity contribution in [2.24, 2.45) is 0 Å². The van der Waals surface area contributed by atoms with Crippen molar-refractivity contribution in [3.8, 4) is 0 Å². The van der Waals surface area contributed by atoms with Crippen molar-refractivity contribution in [3.05, 3.63) is 35.6 Å². The van der Waals surface area contributed by atoms with Crippen LogP contribution in [0.4, 0.5) is 4.39 Å². The molecule has 0 saturated carbocycles. The summed E-state index contributed by atoms with van der Waals surface area (Å²) in [5.74, 6) is 0.202. The molecule has 14 heavy (non-hydrogen) atoms. The normalized spacial score (nSPS) is 12.8. The molecule has 0 fully saturated rings. The van der Waals surface area contributed by atoms with Gasteiger partial charge in [0.1, 0.15) is 5.82 Å². The Balaban J connectivity index is 2.73. The summed E-state index contributed by atoms with van der Waals surface area (Å²) in [5, 5.41) is 3.26. The first-order valence-electron chi connectivity index (χ1n) is 5.24. The summed E-state index contributed by atoms with van der Waals surface area (Å²) in [6.45, 7) is 5.95. The van der Waals surface area contributed by atoms with Crippen LogP contribution in [-0.4, -0.2) is 13.1 Å². The summed E-state index contributed by atoms with van der Waals surface area (Å²) in [4.78, 5) is 0. The third kappa shape index (κ3) is 2.81. The molecule has 0 saturated heterocycles. The molecule has 0 radical (unpaired) electrons. The SMILES string of the molecule is CCNCC(CC)c1ccccc1F. The molecule has 0 aliphatic heterocycles. The van der Waals surface area contributed by atoms with Gasteiger partial charge in [-0.25, -0.2) is 4.39 Å². The molecule has 1 N–H and O–H groups in total. The zero-order valence-electron chi connectivity index (χ0n) is 8.89. The van der Waals surface area contributed by atoms with E-state index < -0.39 is 0 Å². The minimum absolute atomic E-state index is 0.0859. The Morgan fingerprint density at radius 1 is 1.29 bits per heavy atom. The number of halogens is 1. The Morgan fingerprint density at radius 2 is 2.00 bits per heavy atom. The van der Waals surface area contributed by atoms with E-state index in [4.69, 9.17) is 0 Å². The van der Waals surface area contributed by atoms with Gasteiger partial charge in [0.15, 0.2) is 0 Å². The number of nitrogens with one attached hydrogen (secondary N) is 1. The highest BCUT2D eigenvalue weighted by molar-refractivity contribution is 5.21. The van der Waals surface area contributed by atoms with E-state index in [1.807, 2.05) is 12.1 Å². The quantitative estimate of drug-likeness (QED) is 0.761. The predicted octanol–water partition coefficient (Wildman–Crippen LogP) is 2.93. The molecular formula is C12H18FN. The van der Waals surface area contributed by atoms with Gasteiger partial charge in [0, 0.05) is 6.54 Å². The van der Waals surface area contributed by atoms with Crippen LogP contribution in [0.1, 0.15) is 31.7 Å². The molecular weight excluding hydrogens is 177 g/mol. The standard InChI is InChI=1S/C12H18FN/c1-3-10(9-14-4-2)11-7-5-6-8-12(11)13/h5-8,10,14H,3-4,9H2,1-2H3. The maximum absolute atomic E-state index is 13.4. The highest BCUT2D eigenvalue weighted by Gasteiger charge is 2.12. The van der Waals surface area contributed by atoms with Gasteiger partial charge in [-0.05, 0) is 30.5 Å². The van der Waals surface area contributed by atoms with Crippen molar-refractivity contribution in [1.82, 2.24) is 5.32 Å². The van der Waals surface area contributed by atoms with Crippen molar-refractivity contribution in [2.45, 2.75) is 26.2 Å². The Labute approximate surface area is 85.3 Å². The van der Waals surface area contributed by atoms with Crippen LogP contribution in [0, 0.1) is 5.82 Å². The average molecular weight is 195 g/mol. The first-order valence-corrected chi connectivity index (χ1v) is 5.24. The largest absolute Gasteiger partial charge is 0.316 e. The van der Waals surface area contributed by atoms with Crippen LogP contribution >= 0.6 is 0 Å². The van der Waals surface area contributed by atoms with Gasteiger partial charge in [0.25, 0.3) is 0 Å². The Bertz CT molecular complexity index is 273. The summed E-state index contributed by atoms with van der Waals surface area (Å²) in [6.07, 6.45) is 0.966. The zero-order valence-corrected chi connectivity index (χ0v) is 8.89. The van der Waals surface area contributed by atoms with Crippen LogP contribution < -0.4 is 5.32 Å². The van der Waals surface area contributed by atoms with E-state index in [9.17, 15) is 4.39 Å². The second-order valence-electron chi connectivity index (χ2n) is 3.43. The first kappa shape index (κ1) is 11.2. The lowest BCUT2D eigenvalue weighted by atomic mass is 9.96. The average Bonchev–Trinajstić information content (AvgIpc) is 2.21. The summed E-state index contributed by atoms with van der Waals surface area (Å²) >= 11 is 0. The molecule has 1 atom stereocenters. The van der Waals surface area contributed by atoms with Crippen molar-refractivity contribution >= 4 is 0 Å². The van der Waals surface area contributed by atoms with Crippen molar-refractivity contribution in [1.29, 1.82) is 0 Å². The van der Waals surface area contributed by atoms with Crippen LogP contribution in [0.25, 0.3) is 0 Å². The van der Waals surface area contributed by atoms with Gasteiger partial charge >= 0.3 is 0 Å². The molecule has 78 valence electrons. The topological polar surface area (TPSA) is 12.0 Å². The molecule has 1 aromatic carbocycles. The van der Waals surface area contributed by atoms with E-state index >= 15 is 0 Å². The van der Waals surface area contributed by atoms with Crippen LogP contribution in [-0.2, 0) is 0 Å². The van der Waals surface area contributed by atoms with E-state index in [0.29, 0.717) is 0 Å². The van der Waals surface area contributed by atoms with Gasteiger partial charge in [0.2, 0.25) is 0 Å². The highest BCUT2D eigenvalue weighted by atomic mass is 19.1.